The van der Waals surface area contributed by atoms with Crippen LogP contribution in [0, 0.1) is 13.8 Å². The lowest BCUT2D eigenvalue weighted by molar-refractivity contribution is 0.515. The second-order valence-corrected chi connectivity index (χ2v) is 4.28. The minimum atomic E-state index is 0.696. The van der Waals surface area contributed by atoms with E-state index in [-0.39, 0.29) is 0 Å². The van der Waals surface area contributed by atoms with Gasteiger partial charge in [0.15, 0.2) is 0 Å². The molecule has 84 valence electrons. The molecule has 1 aromatic heterocycles. The first-order valence-electron chi connectivity index (χ1n) is 5.20. The van der Waals surface area contributed by atoms with Crippen molar-refractivity contribution in [2.75, 3.05) is 5.32 Å². The quantitative estimate of drug-likeness (QED) is 0.864. The summed E-state index contributed by atoms with van der Waals surface area (Å²) >= 11 is 5.90. The summed E-state index contributed by atoms with van der Waals surface area (Å²) in [6, 6.07) is 7.77. The van der Waals surface area contributed by atoms with Crippen LogP contribution < -0.4 is 5.32 Å². The Morgan fingerprint density at radius 3 is 2.62 bits per heavy atom. The zero-order valence-corrected chi connectivity index (χ0v) is 10.1. The smallest absolute Gasteiger partial charge is 0.125 e. The fraction of sp³-hybridized carbons (Fsp3) is 0.231. The highest BCUT2D eigenvalue weighted by Gasteiger charge is 2.03. The number of furan rings is 1. The minimum absolute atomic E-state index is 0.696. The Hall–Kier alpha value is -1.41. The van der Waals surface area contributed by atoms with Gasteiger partial charge < -0.3 is 9.73 Å². The first kappa shape index (κ1) is 11.1. The summed E-state index contributed by atoms with van der Waals surface area (Å²) in [6.45, 7) is 4.76. The van der Waals surface area contributed by atoms with Gasteiger partial charge in [0.2, 0.25) is 0 Å². The molecule has 1 aromatic carbocycles. The van der Waals surface area contributed by atoms with Crippen LogP contribution in [0.5, 0.6) is 0 Å². The van der Waals surface area contributed by atoms with Gasteiger partial charge in [0.25, 0.3) is 0 Å². The van der Waals surface area contributed by atoms with Crippen molar-refractivity contribution >= 4 is 17.3 Å². The molecule has 0 fully saturated rings. The van der Waals surface area contributed by atoms with Crippen LogP contribution in [0.15, 0.2) is 34.9 Å². The van der Waals surface area contributed by atoms with Crippen molar-refractivity contribution in [1.82, 2.24) is 0 Å². The summed E-state index contributed by atoms with van der Waals surface area (Å²) < 4.78 is 5.36. The molecule has 1 heterocycles. The SMILES string of the molecule is Cc1cc(Cl)ccc1NCc1occc1C. The average Bonchev–Trinajstić information content (AvgIpc) is 2.63. The topological polar surface area (TPSA) is 25.2 Å². The Labute approximate surface area is 100 Å². The molecule has 0 atom stereocenters. The minimum Gasteiger partial charge on any atom is -0.467 e. The summed E-state index contributed by atoms with van der Waals surface area (Å²) in [6.07, 6.45) is 1.71. The van der Waals surface area contributed by atoms with Crippen LogP contribution in [0.25, 0.3) is 0 Å². The van der Waals surface area contributed by atoms with E-state index in [0.717, 1.165) is 22.0 Å². The molecule has 2 rings (SSSR count). The van der Waals surface area contributed by atoms with Gasteiger partial charge in [0.05, 0.1) is 12.8 Å². The van der Waals surface area contributed by atoms with E-state index in [0.29, 0.717) is 6.54 Å². The lowest BCUT2D eigenvalue weighted by atomic mass is 10.2. The maximum Gasteiger partial charge on any atom is 0.125 e. The number of benzene rings is 1. The average molecular weight is 236 g/mol. The molecular weight excluding hydrogens is 222 g/mol. The highest BCUT2D eigenvalue weighted by molar-refractivity contribution is 6.30. The summed E-state index contributed by atoms with van der Waals surface area (Å²) in [7, 11) is 0. The molecule has 0 spiro atoms. The molecule has 0 saturated carbocycles. The van der Waals surface area contributed by atoms with Gasteiger partial charge in [0.1, 0.15) is 5.76 Å². The van der Waals surface area contributed by atoms with Crippen LogP contribution >= 0.6 is 11.6 Å². The van der Waals surface area contributed by atoms with Crippen molar-refractivity contribution in [3.05, 3.63) is 52.4 Å². The van der Waals surface area contributed by atoms with E-state index in [2.05, 4.69) is 5.32 Å². The lowest BCUT2D eigenvalue weighted by Gasteiger charge is -2.08. The number of hydrogen-bond acceptors (Lipinski definition) is 2. The lowest BCUT2D eigenvalue weighted by Crippen LogP contribution is -2.00. The molecule has 3 heteroatoms. The molecule has 0 radical (unpaired) electrons. The number of nitrogens with one attached hydrogen (secondary N) is 1. The van der Waals surface area contributed by atoms with Crippen molar-refractivity contribution in [2.45, 2.75) is 20.4 Å². The van der Waals surface area contributed by atoms with Gasteiger partial charge in [-0.2, -0.15) is 0 Å². The maximum absolute atomic E-state index is 5.90. The van der Waals surface area contributed by atoms with Gasteiger partial charge in [0, 0.05) is 10.7 Å². The monoisotopic (exact) mass is 235 g/mol. The van der Waals surface area contributed by atoms with Crippen molar-refractivity contribution < 1.29 is 4.42 Å². The number of aryl methyl sites for hydroxylation is 2. The largest absolute Gasteiger partial charge is 0.467 e. The molecule has 0 bridgehead atoms. The predicted molar refractivity (Wildman–Crippen MR) is 67.0 cm³/mol. The standard InChI is InChI=1S/C13H14ClNO/c1-9-5-6-16-13(9)8-15-12-4-3-11(14)7-10(12)2/h3-7,15H,8H2,1-2H3. The van der Waals surface area contributed by atoms with Crippen LogP contribution in [-0.4, -0.2) is 0 Å². The van der Waals surface area contributed by atoms with E-state index in [9.17, 15) is 0 Å². The number of rotatable bonds is 3. The third-order valence-electron chi connectivity index (χ3n) is 2.60. The number of hydrogen-bond donors (Lipinski definition) is 1. The third kappa shape index (κ3) is 2.39. The first-order chi connectivity index (χ1) is 7.66. The normalized spacial score (nSPS) is 10.4. The number of halogens is 1. The van der Waals surface area contributed by atoms with Crippen molar-refractivity contribution in [3.8, 4) is 0 Å². The van der Waals surface area contributed by atoms with Crippen LogP contribution in [-0.2, 0) is 6.54 Å². The molecule has 2 nitrogen and oxygen atoms in total. The molecule has 1 N–H and O–H groups in total. The predicted octanol–water partition coefficient (Wildman–Crippen LogP) is 4.16. The first-order valence-corrected chi connectivity index (χ1v) is 5.57. The highest BCUT2D eigenvalue weighted by Crippen LogP contribution is 2.20. The van der Waals surface area contributed by atoms with Gasteiger partial charge in [-0.1, -0.05) is 11.6 Å². The maximum atomic E-state index is 5.90. The molecule has 0 aliphatic rings. The molecule has 0 aliphatic heterocycles. The molecular formula is C13H14ClNO. The number of anilines is 1. The van der Waals surface area contributed by atoms with Crippen LogP contribution in [0.4, 0.5) is 5.69 Å². The van der Waals surface area contributed by atoms with Crippen LogP contribution in [0.2, 0.25) is 5.02 Å². The fourth-order valence-electron chi connectivity index (χ4n) is 1.59. The zero-order chi connectivity index (χ0) is 11.5. The highest BCUT2D eigenvalue weighted by atomic mass is 35.5. The van der Waals surface area contributed by atoms with Crippen LogP contribution in [0.1, 0.15) is 16.9 Å². The van der Waals surface area contributed by atoms with E-state index in [1.54, 1.807) is 6.26 Å². The summed E-state index contributed by atoms with van der Waals surface area (Å²) in [5, 5.41) is 4.09. The van der Waals surface area contributed by atoms with Crippen LogP contribution in [0.3, 0.4) is 0 Å². The second kappa shape index (κ2) is 4.62. The van der Waals surface area contributed by atoms with Gasteiger partial charge in [-0.25, -0.2) is 0 Å². The van der Waals surface area contributed by atoms with E-state index >= 15 is 0 Å². The van der Waals surface area contributed by atoms with Gasteiger partial charge >= 0.3 is 0 Å². The van der Waals surface area contributed by atoms with Gasteiger partial charge in [-0.3, -0.25) is 0 Å². The molecule has 0 unspecified atom stereocenters. The van der Waals surface area contributed by atoms with Crippen molar-refractivity contribution in [3.63, 3.8) is 0 Å². The van der Waals surface area contributed by atoms with E-state index < -0.39 is 0 Å². The fourth-order valence-corrected chi connectivity index (χ4v) is 1.81. The van der Waals surface area contributed by atoms with Gasteiger partial charge in [-0.05, 0) is 49.2 Å². The molecule has 2 aromatic rings. The third-order valence-corrected chi connectivity index (χ3v) is 2.83. The van der Waals surface area contributed by atoms with Crippen molar-refractivity contribution in [1.29, 1.82) is 0 Å². The Morgan fingerprint density at radius 2 is 2.00 bits per heavy atom. The Bertz CT molecular complexity index is 490. The zero-order valence-electron chi connectivity index (χ0n) is 9.38. The Morgan fingerprint density at radius 1 is 1.19 bits per heavy atom. The summed E-state index contributed by atoms with van der Waals surface area (Å²) in [5.74, 6) is 0.967. The van der Waals surface area contributed by atoms with E-state index in [4.69, 9.17) is 16.0 Å². The summed E-state index contributed by atoms with van der Waals surface area (Å²) in [5.41, 5.74) is 3.39. The molecule has 0 saturated heterocycles. The molecule has 16 heavy (non-hydrogen) atoms. The molecule has 0 amide bonds. The van der Waals surface area contributed by atoms with E-state index in [1.807, 2.05) is 38.1 Å². The van der Waals surface area contributed by atoms with E-state index in [1.165, 1.54) is 5.56 Å². The molecule has 0 aliphatic carbocycles. The Balaban J connectivity index is 2.08. The second-order valence-electron chi connectivity index (χ2n) is 3.84. The van der Waals surface area contributed by atoms with Crippen molar-refractivity contribution in [2.24, 2.45) is 0 Å². The summed E-state index contributed by atoms with van der Waals surface area (Å²) in [4.78, 5) is 0. The van der Waals surface area contributed by atoms with Gasteiger partial charge in [-0.15, -0.1) is 0 Å². The Kier molecular flexibility index (Phi) is 3.20.